The van der Waals surface area contributed by atoms with Crippen LogP contribution in [0.25, 0.3) is 0 Å². The Bertz CT molecular complexity index is 642. The van der Waals surface area contributed by atoms with Crippen LogP contribution in [0.2, 0.25) is 0 Å². The van der Waals surface area contributed by atoms with Gasteiger partial charge in [-0.3, -0.25) is 14.7 Å². The van der Waals surface area contributed by atoms with E-state index in [4.69, 9.17) is 0 Å². The monoisotopic (exact) mass is 401 g/mol. The lowest BCUT2D eigenvalue weighted by Gasteiger charge is -2.31. The van der Waals surface area contributed by atoms with Gasteiger partial charge in [-0.1, -0.05) is 58.0 Å². The molecule has 1 aromatic carbocycles. The molecule has 29 heavy (non-hydrogen) atoms. The van der Waals surface area contributed by atoms with Gasteiger partial charge in [-0.2, -0.15) is 0 Å². The van der Waals surface area contributed by atoms with E-state index >= 15 is 0 Å². The standard InChI is InChI=1S/C23H39N5O/c1-6-27(7-2)21(15-19-11-9-8-10-12-19)16-25-23(24-5)26-20-13-14-28(17-20)22(29)18(3)4/h8-12,18,20-21H,6-7,13-17H2,1-5H3,(H2,24,25,26). The number of carbonyl (C=O) groups is 1. The number of amides is 1. The average molecular weight is 402 g/mol. The molecule has 0 radical (unpaired) electrons. The third kappa shape index (κ3) is 7.03. The van der Waals surface area contributed by atoms with Crippen LogP contribution in [-0.4, -0.2) is 73.5 Å². The fraction of sp³-hybridized carbons (Fsp3) is 0.652. The molecule has 2 unspecified atom stereocenters. The van der Waals surface area contributed by atoms with E-state index in [-0.39, 0.29) is 17.9 Å². The number of guanidine groups is 1. The molecule has 0 aromatic heterocycles. The Morgan fingerprint density at radius 1 is 1.24 bits per heavy atom. The van der Waals surface area contributed by atoms with Crippen molar-refractivity contribution in [2.75, 3.05) is 39.8 Å². The third-order valence-corrected chi connectivity index (χ3v) is 5.71. The summed E-state index contributed by atoms with van der Waals surface area (Å²) in [7, 11) is 1.81. The highest BCUT2D eigenvalue weighted by atomic mass is 16.2. The molecule has 1 heterocycles. The predicted molar refractivity (Wildman–Crippen MR) is 121 cm³/mol. The van der Waals surface area contributed by atoms with Crippen LogP contribution in [0, 0.1) is 5.92 Å². The first kappa shape index (κ1) is 23.2. The van der Waals surface area contributed by atoms with Crippen molar-refractivity contribution in [3.05, 3.63) is 35.9 Å². The van der Waals surface area contributed by atoms with Crippen LogP contribution in [0.15, 0.2) is 35.3 Å². The van der Waals surface area contributed by atoms with Crippen LogP contribution in [0.5, 0.6) is 0 Å². The van der Waals surface area contributed by atoms with Crippen molar-refractivity contribution in [3.8, 4) is 0 Å². The van der Waals surface area contributed by atoms with Gasteiger partial charge in [-0.15, -0.1) is 0 Å². The van der Waals surface area contributed by atoms with Crippen molar-refractivity contribution < 1.29 is 4.79 Å². The zero-order valence-electron chi connectivity index (χ0n) is 18.8. The molecule has 0 bridgehead atoms. The number of nitrogens with zero attached hydrogens (tertiary/aromatic N) is 3. The lowest BCUT2D eigenvalue weighted by atomic mass is 10.0. The minimum atomic E-state index is 0.0546. The number of carbonyl (C=O) groups excluding carboxylic acids is 1. The normalized spacial score (nSPS) is 18.4. The van der Waals surface area contributed by atoms with E-state index in [1.54, 1.807) is 0 Å². The van der Waals surface area contributed by atoms with Crippen LogP contribution < -0.4 is 10.6 Å². The fourth-order valence-electron chi connectivity index (χ4n) is 4.00. The maximum atomic E-state index is 12.2. The Hall–Kier alpha value is -2.08. The van der Waals surface area contributed by atoms with E-state index in [9.17, 15) is 4.79 Å². The first-order valence-electron chi connectivity index (χ1n) is 11.0. The van der Waals surface area contributed by atoms with E-state index in [0.717, 1.165) is 51.5 Å². The Morgan fingerprint density at radius 2 is 1.93 bits per heavy atom. The van der Waals surface area contributed by atoms with Crippen molar-refractivity contribution in [1.29, 1.82) is 0 Å². The number of likely N-dealkylation sites (N-methyl/N-ethyl adjacent to an activating group) is 1. The van der Waals surface area contributed by atoms with Crippen LogP contribution in [0.4, 0.5) is 0 Å². The maximum absolute atomic E-state index is 12.2. The number of nitrogens with one attached hydrogen (secondary N) is 2. The lowest BCUT2D eigenvalue weighted by Crippen LogP contribution is -2.50. The largest absolute Gasteiger partial charge is 0.355 e. The summed E-state index contributed by atoms with van der Waals surface area (Å²) in [5.74, 6) is 1.11. The summed E-state index contributed by atoms with van der Waals surface area (Å²) >= 11 is 0. The highest BCUT2D eigenvalue weighted by Crippen LogP contribution is 2.13. The van der Waals surface area contributed by atoms with E-state index in [1.807, 2.05) is 25.8 Å². The second-order valence-corrected chi connectivity index (χ2v) is 8.09. The summed E-state index contributed by atoms with van der Waals surface area (Å²) in [5, 5.41) is 7.04. The molecule has 1 aliphatic heterocycles. The molecule has 0 aliphatic carbocycles. The molecule has 0 saturated carbocycles. The van der Waals surface area contributed by atoms with Crippen molar-refractivity contribution in [2.45, 2.75) is 52.6 Å². The number of benzene rings is 1. The second kappa shape index (κ2) is 11.8. The van der Waals surface area contributed by atoms with E-state index in [0.29, 0.717) is 6.04 Å². The van der Waals surface area contributed by atoms with Crippen LogP contribution in [-0.2, 0) is 11.2 Å². The second-order valence-electron chi connectivity index (χ2n) is 8.09. The zero-order valence-corrected chi connectivity index (χ0v) is 18.8. The molecule has 1 aliphatic rings. The molecule has 1 aromatic rings. The van der Waals surface area contributed by atoms with Gasteiger partial charge in [0.15, 0.2) is 5.96 Å². The number of hydrogen-bond donors (Lipinski definition) is 2. The highest BCUT2D eigenvalue weighted by molar-refractivity contribution is 5.81. The average Bonchev–Trinajstić information content (AvgIpc) is 3.20. The highest BCUT2D eigenvalue weighted by Gasteiger charge is 2.28. The fourth-order valence-corrected chi connectivity index (χ4v) is 4.00. The Morgan fingerprint density at radius 3 is 2.52 bits per heavy atom. The molecule has 2 rings (SSSR count). The van der Waals surface area contributed by atoms with Gasteiger partial charge < -0.3 is 15.5 Å². The first-order chi connectivity index (χ1) is 14.0. The number of likely N-dealkylation sites (tertiary alicyclic amines) is 1. The third-order valence-electron chi connectivity index (χ3n) is 5.71. The van der Waals surface area contributed by atoms with Gasteiger partial charge in [0.2, 0.25) is 5.91 Å². The number of hydrogen-bond acceptors (Lipinski definition) is 3. The van der Waals surface area contributed by atoms with Crippen molar-refractivity contribution >= 4 is 11.9 Å². The molecule has 1 fully saturated rings. The molecular weight excluding hydrogens is 362 g/mol. The molecule has 1 saturated heterocycles. The molecule has 2 atom stereocenters. The van der Waals surface area contributed by atoms with Gasteiger partial charge >= 0.3 is 0 Å². The molecule has 162 valence electrons. The molecule has 6 nitrogen and oxygen atoms in total. The van der Waals surface area contributed by atoms with Gasteiger partial charge in [-0.25, -0.2) is 0 Å². The van der Waals surface area contributed by atoms with Gasteiger partial charge in [0, 0.05) is 44.7 Å². The minimum Gasteiger partial charge on any atom is -0.355 e. The smallest absolute Gasteiger partial charge is 0.225 e. The van der Waals surface area contributed by atoms with Crippen molar-refractivity contribution in [1.82, 2.24) is 20.4 Å². The van der Waals surface area contributed by atoms with Crippen LogP contribution in [0.3, 0.4) is 0 Å². The molecular formula is C23H39N5O. The van der Waals surface area contributed by atoms with Crippen LogP contribution in [0.1, 0.15) is 39.7 Å². The summed E-state index contributed by atoms with van der Waals surface area (Å²) in [4.78, 5) is 21.1. The first-order valence-corrected chi connectivity index (χ1v) is 11.0. The molecule has 1 amide bonds. The van der Waals surface area contributed by atoms with Gasteiger partial charge in [-0.05, 0) is 31.5 Å². The zero-order chi connectivity index (χ0) is 21.2. The lowest BCUT2D eigenvalue weighted by molar-refractivity contribution is -0.133. The number of rotatable bonds is 9. The van der Waals surface area contributed by atoms with Gasteiger partial charge in [0.05, 0.1) is 0 Å². The Kier molecular flexibility index (Phi) is 9.45. The molecule has 0 spiro atoms. The minimum absolute atomic E-state index is 0.0546. The summed E-state index contributed by atoms with van der Waals surface area (Å²) in [6.07, 6.45) is 1.97. The number of aliphatic imine (C=N–C) groups is 1. The maximum Gasteiger partial charge on any atom is 0.225 e. The van der Waals surface area contributed by atoms with Gasteiger partial charge in [0.25, 0.3) is 0 Å². The summed E-state index contributed by atoms with van der Waals surface area (Å²) in [5.41, 5.74) is 1.35. The SMILES string of the molecule is CCN(CC)C(CNC(=NC)NC1CCN(C(=O)C(C)C)C1)Cc1ccccc1. The topological polar surface area (TPSA) is 60.0 Å². The summed E-state index contributed by atoms with van der Waals surface area (Å²) in [6, 6.07) is 11.3. The van der Waals surface area contributed by atoms with E-state index in [2.05, 4.69) is 64.7 Å². The Balaban J connectivity index is 1.91. The van der Waals surface area contributed by atoms with Crippen LogP contribution >= 0.6 is 0 Å². The summed E-state index contributed by atoms with van der Waals surface area (Å²) in [6.45, 7) is 12.8. The Labute approximate surface area is 176 Å². The molecule has 2 N–H and O–H groups in total. The molecule has 6 heteroatoms. The van der Waals surface area contributed by atoms with E-state index in [1.165, 1.54) is 5.56 Å². The van der Waals surface area contributed by atoms with Crippen molar-refractivity contribution in [2.24, 2.45) is 10.9 Å². The summed E-state index contributed by atoms with van der Waals surface area (Å²) < 4.78 is 0. The predicted octanol–water partition coefficient (Wildman–Crippen LogP) is 2.36. The van der Waals surface area contributed by atoms with Crippen molar-refractivity contribution in [3.63, 3.8) is 0 Å². The van der Waals surface area contributed by atoms with E-state index < -0.39 is 0 Å². The quantitative estimate of drug-likeness (QED) is 0.493. The van der Waals surface area contributed by atoms with Gasteiger partial charge in [0.1, 0.15) is 0 Å².